The number of pyridine rings is 1. The van der Waals surface area contributed by atoms with Gasteiger partial charge in [-0.2, -0.15) is 0 Å². The van der Waals surface area contributed by atoms with Gasteiger partial charge in [-0.3, -0.25) is 9.88 Å². The predicted molar refractivity (Wildman–Crippen MR) is 122 cm³/mol. The zero-order valence-electron chi connectivity index (χ0n) is 18.8. The molecule has 0 saturated heterocycles. The van der Waals surface area contributed by atoms with Crippen LogP contribution >= 0.6 is 0 Å². The van der Waals surface area contributed by atoms with E-state index in [9.17, 15) is 5.11 Å². The molecule has 0 aliphatic heterocycles. The van der Waals surface area contributed by atoms with Crippen LogP contribution in [-0.2, 0) is 13.1 Å². The average molecular weight is 412 g/mol. The Morgan fingerprint density at radius 2 is 1.93 bits per heavy atom. The summed E-state index contributed by atoms with van der Waals surface area (Å²) in [6, 6.07) is 10.9. The number of aromatic nitrogens is 1. The largest absolute Gasteiger partial charge is 0.491 e. The Kier molecular flexibility index (Phi) is 8.67. The molecule has 1 aromatic heterocycles. The summed E-state index contributed by atoms with van der Waals surface area (Å²) < 4.78 is 5.91. The summed E-state index contributed by atoms with van der Waals surface area (Å²) >= 11 is 0. The van der Waals surface area contributed by atoms with E-state index in [1.807, 2.05) is 24.5 Å². The summed E-state index contributed by atoms with van der Waals surface area (Å²) in [6.07, 6.45) is 9.75. The van der Waals surface area contributed by atoms with E-state index < -0.39 is 6.10 Å². The third-order valence-electron chi connectivity index (χ3n) is 6.07. The molecule has 0 spiro atoms. The minimum atomic E-state index is -0.474. The van der Waals surface area contributed by atoms with Crippen molar-refractivity contribution in [2.75, 3.05) is 27.2 Å². The van der Waals surface area contributed by atoms with Crippen molar-refractivity contribution in [3.8, 4) is 5.75 Å². The van der Waals surface area contributed by atoms with E-state index in [1.54, 1.807) is 0 Å². The highest BCUT2D eigenvalue weighted by Crippen LogP contribution is 2.22. The quantitative estimate of drug-likeness (QED) is 0.640. The van der Waals surface area contributed by atoms with E-state index in [4.69, 9.17) is 4.74 Å². The lowest BCUT2D eigenvalue weighted by atomic mass is 9.94. The zero-order valence-corrected chi connectivity index (χ0v) is 18.8. The van der Waals surface area contributed by atoms with Gasteiger partial charge in [-0.15, -0.1) is 0 Å². The summed E-state index contributed by atoms with van der Waals surface area (Å²) in [5, 5.41) is 10.4. The van der Waals surface area contributed by atoms with Crippen molar-refractivity contribution in [3.05, 3.63) is 59.4 Å². The highest BCUT2D eigenvalue weighted by atomic mass is 16.5. The standard InChI is InChI=1S/C25H37N3O2/c1-20-15-26-13-12-22(20)17-27(2)16-21-8-7-11-25(14-21)30-19-24(29)18-28(3)23-9-5-4-6-10-23/h7-8,11-15,23-24,29H,4-6,9-10,16-19H2,1-3H3. The molecule has 30 heavy (non-hydrogen) atoms. The molecule has 1 heterocycles. The molecule has 2 aromatic rings. The number of hydrogen-bond acceptors (Lipinski definition) is 5. The minimum Gasteiger partial charge on any atom is -0.491 e. The Morgan fingerprint density at radius 3 is 2.70 bits per heavy atom. The molecular formula is C25H37N3O2. The molecule has 1 aliphatic carbocycles. The molecule has 1 N–H and O–H groups in total. The molecule has 5 nitrogen and oxygen atoms in total. The first-order valence-electron chi connectivity index (χ1n) is 11.2. The normalized spacial score (nSPS) is 16.2. The second kappa shape index (κ2) is 11.4. The maximum Gasteiger partial charge on any atom is 0.119 e. The predicted octanol–water partition coefficient (Wildman–Crippen LogP) is 4.03. The SMILES string of the molecule is Cc1cnccc1CN(C)Cc1cccc(OCC(O)CN(C)C2CCCCC2)c1. The Balaban J connectivity index is 1.46. The fraction of sp³-hybridized carbons (Fsp3) is 0.560. The van der Waals surface area contributed by atoms with Crippen LogP contribution in [0.2, 0.25) is 0 Å². The van der Waals surface area contributed by atoms with Crippen LogP contribution in [0.4, 0.5) is 0 Å². The van der Waals surface area contributed by atoms with E-state index in [0.717, 1.165) is 18.8 Å². The lowest BCUT2D eigenvalue weighted by molar-refractivity contribution is 0.0561. The van der Waals surface area contributed by atoms with Gasteiger partial charge >= 0.3 is 0 Å². The molecule has 0 amide bonds. The van der Waals surface area contributed by atoms with Gasteiger partial charge < -0.3 is 14.7 Å². The molecule has 0 bridgehead atoms. The average Bonchev–Trinajstić information content (AvgIpc) is 2.75. The van der Waals surface area contributed by atoms with Crippen LogP contribution in [0, 0.1) is 6.92 Å². The van der Waals surface area contributed by atoms with Crippen LogP contribution in [0.25, 0.3) is 0 Å². The Hall–Kier alpha value is -1.95. The van der Waals surface area contributed by atoms with Crippen LogP contribution in [0.3, 0.4) is 0 Å². The number of benzene rings is 1. The number of aliphatic hydroxyl groups excluding tert-OH is 1. The topological polar surface area (TPSA) is 48.8 Å². The number of ether oxygens (including phenoxy) is 1. The molecule has 1 fully saturated rings. The maximum absolute atomic E-state index is 10.4. The van der Waals surface area contributed by atoms with Crippen LogP contribution in [0.1, 0.15) is 48.8 Å². The van der Waals surface area contributed by atoms with E-state index >= 15 is 0 Å². The first-order valence-corrected chi connectivity index (χ1v) is 11.2. The van der Waals surface area contributed by atoms with Gasteiger partial charge in [-0.05, 0) is 68.8 Å². The summed E-state index contributed by atoms with van der Waals surface area (Å²) in [6.45, 7) is 4.81. The first kappa shape index (κ1) is 22.7. The van der Waals surface area contributed by atoms with E-state index in [-0.39, 0.29) is 0 Å². The van der Waals surface area contributed by atoms with Crippen molar-refractivity contribution in [2.45, 2.75) is 64.3 Å². The number of nitrogens with zero attached hydrogens (tertiary/aromatic N) is 3. The Bertz CT molecular complexity index is 776. The highest BCUT2D eigenvalue weighted by Gasteiger charge is 2.20. The fourth-order valence-corrected chi connectivity index (χ4v) is 4.32. The molecule has 0 radical (unpaired) electrons. The van der Waals surface area contributed by atoms with Crippen LogP contribution in [-0.4, -0.2) is 59.3 Å². The number of likely N-dealkylation sites (N-methyl/N-ethyl adjacent to an activating group) is 1. The molecule has 1 atom stereocenters. The Labute approximate surface area is 181 Å². The van der Waals surface area contributed by atoms with Crippen molar-refractivity contribution in [3.63, 3.8) is 0 Å². The molecule has 1 aromatic carbocycles. The number of hydrogen-bond donors (Lipinski definition) is 1. The van der Waals surface area contributed by atoms with Crippen molar-refractivity contribution in [1.82, 2.24) is 14.8 Å². The number of aliphatic hydroxyl groups is 1. The number of rotatable bonds is 10. The molecule has 1 unspecified atom stereocenters. The molecular weight excluding hydrogens is 374 g/mol. The zero-order chi connectivity index (χ0) is 21.3. The lowest BCUT2D eigenvalue weighted by Crippen LogP contribution is -2.40. The minimum absolute atomic E-state index is 0.326. The summed E-state index contributed by atoms with van der Waals surface area (Å²) in [4.78, 5) is 8.76. The summed E-state index contributed by atoms with van der Waals surface area (Å²) in [5.74, 6) is 0.820. The van der Waals surface area contributed by atoms with Gasteiger partial charge in [0.2, 0.25) is 0 Å². The molecule has 164 valence electrons. The van der Waals surface area contributed by atoms with Gasteiger partial charge in [0.1, 0.15) is 18.5 Å². The summed E-state index contributed by atoms with van der Waals surface area (Å²) in [7, 11) is 4.25. The van der Waals surface area contributed by atoms with E-state index in [1.165, 1.54) is 48.8 Å². The third-order valence-corrected chi connectivity index (χ3v) is 6.07. The van der Waals surface area contributed by atoms with E-state index in [2.05, 4.69) is 54.0 Å². The second-order valence-electron chi connectivity index (χ2n) is 8.82. The van der Waals surface area contributed by atoms with Gasteiger partial charge in [-0.1, -0.05) is 31.4 Å². The van der Waals surface area contributed by atoms with Crippen molar-refractivity contribution < 1.29 is 9.84 Å². The van der Waals surface area contributed by atoms with Gasteiger partial charge in [-0.25, -0.2) is 0 Å². The van der Waals surface area contributed by atoms with Crippen LogP contribution < -0.4 is 4.74 Å². The monoisotopic (exact) mass is 411 g/mol. The van der Waals surface area contributed by atoms with Crippen LogP contribution in [0.5, 0.6) is 5.75 Å². The lowest BCUT2D eigenvalue weighted by Gasteiger charge is -2.32. The smallest absolute Gasteiger partial charge is 0.119 e. The van der Waals surface area contributed by atoms with Gasteiger partial charge in [0.05, 0.1) is 0 Å². The highest BCUT2D eigenvalue weighted by molar-refractivity contribution is 5.29. The maximum atomic E-state index is 10.4. The second-order valence-corrected chi connectivity index (χ2v) is 8.82. The van der Waals surface area contributed by atoms with Crippen molar-refractivity contribution >= 4 is 0 Å². The fourth-order valence-electron chi connectivity index (χ4n) is 4.32. The van der Waals surface area contributed by atoms with Gasteiger partial charge in [0.15, 0.2) is 0 Å². The van der Waals surface area contributed by atoms with Crippen LogP contribution in [0.15, 0.2) is 42.7 Å². The third kappa shape index (κ3) is 7.08. The van der Waals surface area contributed by atoms with E-state index in [0.29, 0.717) is 19.2 Å². The molecule has 1 saturated carbocycles. The first-order chi connectivity index (χ1) is 14.5. The molecule has 5 heteroatoms. The summed E-state index contributed by atoms with van der Waals surface area (Å²) in [5.41, 5.74) is 3.72. The molecule has 3 rings (SSSR count). The number of aryl methyl sites for hydroxylation is 1. The van der Waals surface area contributed by atoms with Crippen molar-refractivity contribution in [2.24, 2.45) is 0 Å². The van der Waals surface area contributed by atoms with Crippen molar-refractivity contribution in [1.29, 1.82) is 0 Å². The van der Waals surface area contributed by atoms with Gasteiger partial charge in [0, 0.05) is 38.1 Å². The van der Waals surface area contributed by atoms with Gasteiger partial charge in [0.25, 0.3) is 0 Å². The molecule has 1 aliphatic rings. The Morgan fingerprint density at radius 1 is 1.13 bits per heavy atom.